The van der Waals surface area contributed by atoms with Gasteiger partial charge in [0, 0.05) is 23.2 Å². The number of carboxylic acids is 1. The molecule has 0 saturated carbocycles. The maximum absolute atomic E-state index is 10.7. The summed E-state index contributed by atoms with van der Waals surface area (Å²) < 4.78 is 5.61. The first-order valence-corrected chi connectivity index (χ1v) is 6.15. The summed E-state index contributed by atoms with van der Waals surface area (Å²) in [4.78, 5) is 13.8. The number of hydrogen-bond donors (Lipinski definition) is 2. The average Bonchev–Trinajstić information content (AvgIpc) is 2.72. The molecule has 0 aliphatic rings. The number of rotatable bonds is 6. The van der Waals surface area contributed by atoms with Crippen LogP contribution in [0, 0.1) is 0 Å². The van der Waals surface area contributed by atoms with Gasteiger partial charge in [0.15, 0.2) is 0 Å². The molecular formula is C14H17NO3. The molecule has 1 heterocycles. The Morgan fingerprint density at radius 1 is 1.44 bits per heavy atom. The van der Waals surface area contributed by atoms with Crippen LogP contribution in [0.25, 0.3) is 10.9 Å². The van der Waals surface area contributed by atoms with Crippen molar-refractivity contribution >= 4 is 16.9 Å². The molecule has 0 fully saturated rings. The number of carbonyl (C=O) groups is 1. The molecule has 0 unspecified atom stereocenters. The zero-order valence-electron chi connectivity index (χ0n) is 10.4. The van der Waals surface area contributed by atoms with Crippen molar-refractivity contribution in [3.8, 4) is 5.75 Å². The maximum Gasteiger partial charge on any atom is 0.307 e. The summed E-state index contributed by atoms with van der Waals surface area (Å²) in [7, 11) is 0. The van der Waals surface area contributed by atoms with Crippen molar-refractivity contribution in [3.63, 3.8) is 0 Å². The Morgan fingerprint density at radius 2 is 2.28 bits per heavy atom. The third-order valence-electron chi connectivity index (χ3n) is 2.85. The monoisotopic (exact) mass is 247 g/mol. The molecule has 1 aromatic carbocycles. The van der Waals surface area contributed by atoms with Gasteiger partial charge in [-0.25, -0.2) is 0 Å². The van der Waals surface area contributed by atoms with Crippen LogP contribution in [0.3, 0.4) is 0 Å². The minimum Gasteiger partial charge on any atom is -0.494 e. The predicted octanol–water partition coefficient (Wildman–Crippen LogP) is 2.97. The van der Waals surface area contributed by atoms with E-state index in [1.54, 1.807) is 6.20 Å². The lowest BCUT2D eigenvalue weighted by molar-refractivity contribution is -0.136. The Morgan fingerprint density at radius 3 is 3.00 bits per heavy atom. The second-order valence-corrected chi connectivity index (χ2v) is 4.29. The molecule has 0 atom stereocenters. The fraction of sp³-hybridized carbons (Fsp3) is 0.357. The second kappa shape index (κ2) is 5.58. The van der Waals surface area contributed by atoms with Gasteiger partial charge in [0.25, 0.3) is 0 Å². The van der Waals surface area contributed by atoms with E-state index in [0.717, 1.165) is 35.1 Å². The first-order chi connectivity index (χ1) is 8.70. The molecule has 1 aromatic heterocycles. The van der Waals surface area contributed by atoms with Crippen LogP contribution in [0.2, 0.25) is 0 Å². The zero-order valence-corrected chi connectivity index (χ0v) is 10.4. The third kappa shape index (κ3) is 2.83. The van der Waals surface area contributed by atoms with Crippen LogP contribution in [0.1, 0.15) is 25.3 Å². The molecule has 4 nitrogen and oxygen atoms in total. The van der Waals surface area contributed by atoms with Gasteiger partial charge in [-0.15, -0.1) is 0 Å². The lowest BCUT2D eigenvalue weighted by Crippen LogP contribution is -1.99. The van der Waals surface area contributed by atoms with Crippen LogP contribution in [-0.4, -0.2) is 22.7 Å². The number of benzene rings is 1. The summed E-state index contributed by atoms with van der Waals surface area (Å²) in [6.45, 7) is 2.83. The Labute approximate surface area is 106 Å². The molecule has 0 radical (unpaired) electrons. The van der Waals surface area contributed by atoms with Gasteiger partial charge in [-0.05, 0) is 24.1 Å². The Balaban J connectivity index is 2.17. The lowest BCUT2D eigenvalue weighted by atomic mass is 10.1. The Kier molecular flexibility index (Phi) is 3.87. The number of carboxylic acid groups (broad SMARTS) is 1. The molecule has 0 bridgehead atoms. The minimum atomic E-state index is -0.820. The molecule has 0 amide bonds. The van der Waals surface area contributed by atoms with Gasteiger partial charge in [-0.1, -0.05) is 13.3 Å². The van der Waals surface area contributed by atoms with E-state index < -0.39 is 5.97 Å². The van der Waals surface area contributed by atoms with Gasteiger partial charge in [0.1, 0.15) is 5.75 Å². The van der Waals surface area contributed by atoms with E-state index in [1.807, 2.05) is 18.2 Å². The lowest BCUT2D eigenvalue weighted by Gasteiger charge is -2.05. The summed E-state index contributed by atoms with van der Waals surface area (Å²) in [5, 5.41) is 9.75. The molecule has 4 heteroatoms. The van der Waals surface area contributed by atoms with Gasteiger partial charge in [-0.3, -0.25) is 4.79 Å². The molecule has 0 aliphatic heterocycles. The summed E-state index contributed by atoms with van der Waals surface area (Å²) in [5.41, 5.74) is 1.72. The Bertz CT molecular complexity index is 545. The van der Waals surface area contributed by atoms with Crippen LogP contribution < -0.4 is 4.74 Å². The highest BCUT2D eigenvalue weighted by Crippen LogP contribution is 2.23. The van der Waals surface area contributed by atoms with Crippen molar-refractivity contribution in [1.29, 1.82) is 0 Å². The highest BCUT2D eigenvalue weighted by Gasteiger charge is 2.08. The molecule has 2 N–H and O–H groups in total. The molecule has 96 valence electrons. The molecule has 0 saturated heterocycles. The predicted molar refractivity (Wildman–Crippen MR) is 70.0 cm³/mol. The van der Waals surface area contributed by atoms with Crippen molar-refractivity contribution in [2.75, 3.05) is 6.61 Å². The standard InChI is InChI=1S/C14H17NO3/c1-2-3-6-18-11-4-5-12-10(7-14(16)17)9-15-13(12)8-11/h4-5,8-9,15H,2-3,6-7H2,1H3,(H,16,17). The van der Waals surface area contributed by atoms with Gasteiger partial charge < -0.3 is 14.8 Å². The van der Waals surface area contributed by atoms with Crippen LogP contribution in [-0.2, 0) is 11.2 Å². The first kappa shape index (κ1) is 12.5. The topological polar surface area (TPSA) is 62.3 Å². The fourth-order valence-electron chi connectivity index (χ4n) is 1.90. The molecule has 18 heavy (non-hydrogen) atoms. The number of hydrogen-bond acceptors (Lipinski definition) is 2. The van der Waals surface area contributed by atoms with Crippen LogP contribution in [0.15, 0.2) is 24.4 Å². The quantitative estimate of drug-likeness (QED) is 0.771. The van der Waals surface area contributed by atoms with E-state index in [4.69, 9.17) is 9.84 Å². The van der Waals surface area contributed by atoms with Crippen molar-refractivity contribution in [3.05, 3.63) is 30.0 Å². The molecule has 0 spiro atoms. The number of aromatic amines is 1. The molecule has 2 rings (SSSR count). The van der Waals surface area contributed by atoms with E-state index in [-0.39, 0.29) is 6.42 Å². The third-order valence-corrected chi connectivity index (χ3v) is 2.85. The number of unbranched alkanes of at least 4 members (excludes halogenated alkanes) is 1. The zero-order chi connectivity index (χ0) is 13.0. The summed E-state index contributed by atoms with van der Waals surface area (Å²) >= 11 is 0. The van der Waals surface area contributed by atoms with E-state index in [1.165, 1.54) is 0 Å². The molecular weight excluding hydrogens is 230 g/mol. The van der Waals surface area contributed by atoms with E-state index in [9.17, 15) is 4.79 Å². The maximum atomic E-state index is 10.7. The summed E-state index contributed by atoms with van der Waals surface area (Å²) in [5.74, 6) is -0.00107. The van der Waals surface area contributed by atoms with Crippen molar-refractivity contribution in [1.82, 2.24) is 4.98 Å². The van der Waals surface area contributed by atoms with E-state index >= 15 is 0 Å². The summed E-state index contributed by atoms with van der Waals surface area (Å²) in [6, 6.07) is 5.71. The van der Waals surface area contributed by atoms with Crippen molar-refractivity contribution in [2.45, 2.75) is 26.2 Å². The van der Waals surface area contributed by atoms with Crippen molar-refractivity contribution in [2.24, 2.45) is 0 Å². The highest BCUT2D eigenvalue weighted by atomic mass is 16.5. The van der Waals surface area contributed by atoms with Crippen LogP contribution in [0.4, 0.5) is 0 Å². The number of aromatic nitrogens is 1. The van der Waals surface area contributed by atoms with Crippen LogP contribution in [0.5, 0.6) is 5.75 Å². The van der Waals surface area contributed by atoms with Gasteiger partial charge in [-0.2, -0.15) is 0 Å². The SMILES string of the molecule is CCCCOc1ccc2c(CC(=O)O)c[nH]c2c1. The van der Waals surface area contributed by atoms with E-state index in [2.05, 4.69) is 11.9 Å². The van der Waals surface area contributed by atoms with Crippen molar-refractivity contribution < 1.29 is 14.6 Å². The smallest absolute Gasteiger partial charge is 0.307 e. The first-order valence-electron chi connectivity index (χ1n) is 6.15. The van der Waals surface area contributed by atoms with E-state index in [0.29, 0.717) is 6.61 Å². The average molecular weight is 247 g/mol. The molecule has 2 aromatic rings. The fourth-order valence-corrected chi connectivity index (χ4v) is 1.90. The normalized spacial score (nSPS) is 10.7. The summed E-state index contributed by atoms with van der Waals surface area (Å²) in [6.07, 6.45) is 3.92. The number of ether oxygens (including phenoxy) is 1. The number of nitrogens with one attached hydrogen (secondary N) is 1. The number of aliphatic carboxylic acids is 1. The Hall–Kier alpha value is -1.97. The van der Waals surface area contributed by atoms with Gasteiger partial charge in [0.05, 0.1) is 13.0 Å². The highest BCUT2D eigenvalue weighted by molar-refractivity contribution is 5.87. The minimum absolute atomic E-state index is 0.0377. The number of fused-ring (bicyclic) bond motifs is 1. The largest absolute Gasteiger partial charge is 0.494 e. The van der Waals surface area contributed by atoms with Gasteiger partial charge >= 0.3 is 5.97 Å². The number of H-pyrrole nitrogens is 1. The van der Waals surface area contributed by atoms with Gasteiger partial charge in [0.2, 0.25) is 0 Å². The molecule has 0 aliphatic carbocycles. The second-order valence-electron chi connectivity index (χ2n) is 4.29. The van der Waals surface area contributed by atoms with Crippen LogP contribution >= 0.6 is 0 Å².